The van der Waals surface area contributed by atoms with Crippen molar-refractivity contribution in [1.29, 1.82) is 0 Å². The van der Waals surface area contributed by atoms with Crippen LogP contribution in [0.2, 0.25) is 5.15 Å². The molecule has 98 valence electrons. The molecule has 2 atom stereocenters. The van der Waals surface area contributed by atoms with Crippen molar-refractivity contribution in [3.63, 3.8) is 0 Å². The molecule has 18 heavy (non-hydrogen) atoms. The third-order valence-electron chi connectivity index (χ3n) is 2.86. The highest BCUT2D eigenvalue weighted by Crippen LogP contribution is 2.31. The molecule has 2 heterocycles. The van der Waals surface area contributed by atoms with Gasteiger partial charge in [0.25, 0.3) is 0 Å². The van der Waals surface area contributed by atoms with Crippen molar-refractivity contribution in [2.24, 2.45) is 0 Å². The molecule has 1 aliphatic heterocycles. The number of nitrogens with one attached hydrogen (secondary N) is 1. The highest BCUT2D eigenvalue weighted by atomic mass is 79.9. The standard InChI is InChI=1S/C11H12BrClN2O3/c12-7-1-9(10(13)14-2-7)11(5-17)6-18-4-8(3-16)15-11/h1-3,8,15,17H,4-6H2. The quantitative estimate of drug-likeness (QED) is 0.633. The molecule has 1 saturated heterocycles. The molecule has 1 aromatic heterocycles. The first-order chi connectivity index (χ1) is 8.61. The highest BCUT2D eigenvalue weighted by molar-refractivity contribution is 9.10. The molecule has 0 amide bonds. The maximum Gasteiger partial charge on any atom is 0.139 e. The average Bonchev–Trinajstić information content (AvgIpc) is 2.41. The van der Waals surface area contributed by atoms with Crippen molar-refractivity contribution < 1.29 is 14.6 Å². The van der Waals surface area contributed by atoms with Gasteiger partial charge in [-0.1, -0.05) is 11.6 Å². The lowest BCUT2D eigenvalue weighted by atomic mass is 9.90. The average molecular weight is 336 g/mol. The number of morpholine rings is 1. The minimum Gasteiger partial charge on any atom is -0.394 e. The summed E-state index contributed by atoms with van der Waals surface area (Å²) in [4.78, 5) is 14.9. The van der Waals surface area contributed by atoms with Crippen LogP contribution in [0.4, 0.5) is 0 Å². The van der Waals surface area contributed by atoms with Gasteiger partial charge in [0.15, 0.2) is 0 Å². The molecule has 0 bridgehead atoms. The molecule has 2 rings (SSSR count). The van der Waals surface area contributed by atoms with Crippen LogP contribution in [-0.4, -0.2) is 42.2 Å². The number of hydrogen-bond donors (Lipinski definition) is 2. The summed E-state index contributed by atoms with van der Waals surface area (Å²) in [6.45, 7) is 0.269. The van der Waals surface area contributed by atoms with Gasteiger partial charge >= 0.3 is 0 Å². The van der Waals surface area contributed by atoms with Gasteiger partial charge < -0.3 is 14.6 Å². The second kappa shape index (κ2) is 5.63. The number of aliphatic hydroxyl groups excluding tert-OH is 1. The molecule has 1 aromatic rings. The lowest BCUT2D eigenvalue weighted by molar-refractivity contribution is -0.116. The Morgan fingerprint density at radius 1 is 1.78 bits per heavy atom. The first kappa shape index (κ1) is 13.9. The van der Waals surface area contributed by atoms with Crippen LogP contribution < -0.4 is 5.32 Å². The second-order valence-corrected chi connectivity index (χ2v) is 5.41. The minimum absolute atomic E-state index is 0.228. The Hall–Kier alpha value is -0.530. The van der Waals surface area contributed by atoms with Crippen LogP contribution in [0.5, 0.6) is 0 Å². The van der Waals surface area contributed by atoms with E-state index in [1.54, 1.807) is 12.3 Å². The molecule has 2 N–H and O–H groups in total. The van der Waals surface area contributed by atoms with E-state index in [1.165, 1.54) is 0 Å². The fourth-order valence-corrected chi connectivity index (χ4v) is 2.58. The number of carbonyl (C=O) groups excluding carboxylic acids is 1. The molecule has 7 heteroatoms. The number of aromatic nitrogens is 1. The summed E-state index contributed by atoms with van der Waals surface area (Å²) in [5, 5.41) is 13.0. The third-order valence-corrected chi connectivity index (χ3v) is 3.60. The van der Waals surface area contributed by atoms with E-state index in [9.17, 15) is 9.90 Å². The first-order valence-electron chi connectivity index (χ1n) is 5.34. The Bertz CT molecular complexity index is 460. The second-order valence-electron chi connectivity index (χ2n) is 4.13. The monoisotopic (exact) mass is 334 g/mol. The minimum atomic E-state index is -0.905. The van der Waals surface area contributed by atoms with Crippen LogP contribution in [-0.2, 0) is 15.1 Å². The van der Waals surface area contributed by atoms with Crippen LogP contribution in [0, 0.1) is 0 Å². The van der Waals surface area contributed by atoms with Crippen LogP contribution in [0.25, 0.3) is 0 Å². The SMILES string of the molecule is O=CC1COCC(CO)(c2cc(Br)cnc2Cl)N1. The molecule has 1 aliphatic rings. The van der Waals surface area contributed by atoms with Crippen molar-refractivity contribution in [2.75, 3.05) is 19.8 Å². The van der Waals surface area contributed by atoms with E-state index < -0.39 is 11.6 Å². The maximum absolute atomic E-state index is 10.9. The predicted molar refractivity (Wildman–Crippen MR) is 69.5 cm³/mol. The number of hydrogen-bond acceptors (Lipinski definition) is 5. The Kier molecular flexibility index (Phi) is 4.34. The van der Waals surface area contributed by atoms with Crippen molar-refractivity contribution in [1.82, 2.24) is 10.3 Å². The Labute approximate surface area is 118 Å². The van der Waals surface area contributed by atoms with E-state index in [2.05, 4.69) is 26.2 Å². The molecule has 0 aromatic carbocycles. The van der Waals surface area contributed by atoms with Crippen LogP contribution in [0.15, 0.2) is 16.7 Å². The summed E-state index contributed by atoms with van der Waals surface area (Å²) in [5.41, 5.74) is -0.301. The first-order valence-corrected chi connectivity index (χ1v) is 6.51. The van der Waals surface area contributed by atoms with Gasteiger partial charge in [-0.25, -0.2) is 4.98 Å². The van der Waals surface area contributed by atoms with Gasteiger partial charge in [-0.2, -0.15) is 0 Å². The smallest absolute Gasteiger partial charge is 0.139 e. The number of halogens is 2. The van der Waals surface area contributed by atoms with Gasteiger partial charge in [0.05, 0.1) is 31.4 Å². The lowest BCUT2D eigenvalue weighted by Crippen LogP contribution is -2.59. The third kappa shape index (κ3) is 2.57. The summed E-state index contributed by atoms with van der Waals surface area (Å²) < 4.78 is 6.11. The Morgan fingerprint density at radius 3 is 3.22 bits per heavy atom. The maximum atomic E-state index is 10.9. The number of ether oxygens (including phenoxy) is 1. The summed E-state index contributed by atoms with van der Waals surface area (Å²) >= 11 is 9.37. The zero-order valence-electron chi connectivity index (χ0n) is 9.40. The summed E-state index contributed by atoms with van der Waals surface area (Å²) in [6, 6.07) is 1.29. The number of aldehydes is 1. The van der Waals surface area contributed by atoms with Gasteiger partial charge in [0.2, 0.25) is 0 Å². The summed E-state index contributed by atoms with van der Waals surface area (Å²) in [5.74, 6) is 0. The van der Waals surface area contributed by atoms with Crippen molar-refractivity contribution in [2.45, 2.75) is 11.6 Å². The van der Waals surface area contributed by atoms with Gasteiger partial charge in [-0.05, 0) is 22.0 Å². The van der Waals surface area contributed by atoms with Crippen LogP contribution >= 0.6 is 27.5 Å². The van der Waals surface area contributed by atoms with E-state index in [1.807, 2.05) is 0 Å². The number of nitrogens with zero attached hydrogens (tertiary/aromatic N) is 1. The molecule has 1 fully saturated rings. The number of aliphatic hydroxyl groups is 1. The number of pyridine rings is 1. The molecule has 5 nitrogen and oxygen atoms in total. The summed E-state index contributed by atoms with van der Waals surface area (Å²) in [7, 11) is 0. The summed E-state index contributed by atoms with van der Waals surface area (Å²) in [6.07, 6.45) is 2.32. The van der Waals surface area contributed by atoms with Crippen molar-refractivity contribution in [3.8, 4) is 0 Å². The zero-order valence-corrected chi connectivity index (χ0v) is 11.7. The van der Waals surface area contributed by atoms with Gasteiger partial charge in [0, 0.05) is 16.2 Å². The molecule has 2 unspecified atom stereocenters. The van der Waals surface area contributed by atoms with E-state index in [0.717, 1.165) is 10.8 Å². The van der Waals surface area contributed by atoms with Crippen molar-refractivity contribution in [3.05, 3.63) is 27.5 Å². The van der Waals surface area contributed by atoms with E-state index in [0.29, 0.717) is 5.56 Å². The van der Waals surface area contributed by atoms with Crippen LogP contribution in [0.3, 0.4) is 0 Å². The van der Waals surface area contributed by atoms with Gasteiger partial charge in [0.1, 0.15) is 11.4 Å². The largest absolute Gasteiger partial charge is 0.394 e. The van der Waals surface area contributed by atoms with E-state index in [-0.39, 0.29) is 25.0 Å². The molecule has 0 saturated carbocycles. The number of rotatable bonds is 3. The topological polar surface area (TPSA) is 71.5 Å². The fourth-order valence-electron chi connectivity index (χ4n) is 1.96. The number of carbonyl (C=O) groups is 1. The molecular formula is C11H12BrClN2O3. The van der Waals surface area contributed by atoms with Crippen LogP contribution in [0.1, 0.15) is 5.56 Å². The predicted octanol–water partition coefficient (Wildman–Crippen LogP) is 0.872. The lowest BCUT2D eigenvalue weighted by Gasteiger charge is -2.39. The fraction of sp³-hybridized carbons (Fsp3) is 0.455. The van der Waals surface area contributed by atoms with E-state index in [4.69, 9.17) is 16.3 Å². The normalized spacial score (nSPS) is 28.1. The Balaban J connectivity index is 2.42. The molecule has 0 radical (unpaired) electrons. The zero-order chi connectivity index (χ0) is 13.2. The molecular weight excluding hydrogens is 323 g/mol. The molecule has 0 aliphatic carbocycles. The van der Waals surface area contributed by atoms with Gasteiger partial charge in [-0.15, -0.1) is 0 Å². The van der Waals surface area contributed by atoms with E-state index >= 15 is 0 Å². The Morgan fingerprint density at radius 2 is 2.56 bits per heavy atom. The highest BCUT2D eigenvalue weighted by Gasteiger charge is 2.39. The van der Waals surface area contributed by atoms with Crippen molar-refractivity contribution >= 4 is 33.8 Å². The molecule has 0 spiro atoms. The van der Waals surface area contributed by atoms with Gasteiger partial charge in [-0.3, -0.25) is 5.32 Å².